The van der Waals surface area contributed by atoms with E-state index in [0.717, 1.165) is 0 Å². The van der Waals surface area contributed by atoms with Gasteiger partial charge in [0.2, 0.25) is 5.82 Å². The van der Waals surface area contributed by atoms with Crippen molar-refractivity contribution in [3.63, 3.8) is 0 Å². The van der Waals surface area contributed by atoms with Gasteiger partial charge in [0.15, 0.2) is 17.1 Å². The fourth-order valence-corrected chi connectivity index (χ4v) is 3.02. The normalized spacial score (nSPS) is 10.7. The van der Waals surface area contributed by atoms with Crippen LogP contribution in [0.15, 0.2) is 42.6 Å². The van der Waals surface area contributed by atoms with Gasteiger partial charge in [0.05, 0.1) is 22.9 Å². The molecule has 2 heterocycles. The van der Waals surface area contributed by atoms with Crippen LogP contribution in [0.3, 0.4) is 0 Å². The predicted octanol–water partition coefficient (Wildman–Crippen LogP) is 5.04. The lowest BCUT2D eigenvalue weighted by Gasteiger charge is -2.13. The van der Waals surface area contributed by atoms with E-state index in [0.29, 0.717) is 16.7 Å². The summed E-state index contributed by atoms with van der Waals surface area (Å²) in [5, 5.41) is 24.5. The second-order valence-electron chi connectivity index (χ2n) is 5.83. The van der Waals surface area contributed by atoms with Gasteiger partial charge < -0.3 is 9.47 Å². The number of halogens is 3. The van der Waals surface area contributed by atoms with Crippen molar-refractivity contribution in [1.29, 1.82) is 5.26 Å². The van der Waals surface area contributed by atoms with Gasteiger partial charge in [0.25, 0.3) is 0 Å². The number of benzene rings is 2. The van der Waals surface area contributed by atoms with Crippen LogP contribution < -0.4 is 9.47 Å². The largest absolute Gasteiger partial charge is 0.484 e. The molecule has 7 nitrogen and oxygen atoms in total. The van der Waals surface area contributed by atoms with Crippen LogP contribution in [-0.2, 0) is 6.61 Å². The average Bonchev–Trinajstić information content (AvgIpc) is 3.13. The number of nitriles is 1. The highest BCUT2D eigenvalue weighted by Gasteiger charge is 2.18. The monoisotopic (exact) mass is 429 g/mol. The summed E-state index contributed by atoms with van der Waals surface area (Å²) in [6.07, 6.45) is 1.52. The molecule has 2 aromatic carbocycles. The Labute approximate surface area is 173 Å². The molecule has 4 aromatic rings. The molecule has 2 aromatic heterocycles. The van der Waals surface area contributed by atoms with Crippen LogP contribution in [0.25, 0.3) is 11.0 Å². The summed E-state index contributed by atoms with van der Waals surface area (Å²) in [7, 11) is 0. The highest BCUT2D eigenvalue weighted by atomic mass is 35.5. The van der Waals surface area contributed by atoms with Crippen LogP contribution in [-0.4, -0.2) is 20.4 Å². The van der Waals surface area contributed by atoms with Crippen molar-refractivity contribution in [3.8, 4) is 23.3 Å². The minimum absolute atomic E-state index is 0.0145. The number of nitrogens with zero attached hydrogens (tertiary/aromatic N) is 4. The Bertz CT molecular complexity index is 1260. The second kappa shape index (κ2) is 7.91. The lowest BCUT2D eigenvalue weighted by molar-refractivity contribution is 0.282. The SMILES string of the molecule is N#Cc1cc(Cl)cc(Oc2c(Cl)ccc(OCc3n[nH]c4nnccc34)c2F)c1. The molecule has 144 valence electrons. The molecule has 0 aliphatic heterocycles. The molecule has 0 radical (unpaired) electrons. The zero-order valence-electron chi connectivity index (χ0n) is 14.5. The fourth-order valence-electron chi connectivity index (χ4n) is 2.61. The first-order chi connectivity index (χ1) is 14.0. The number of H-pyrrole nitrogens is 1. The van der Waals surface area contributed by atoms with Crippen molar-refractivity contribution in [2.75, 3.05) is 0 Å². The molecule has 0 unspecified atom stereocenters. The highest BCUT2D eigenvalue weighted by Crippen LogP contribution is 2.38. The zero-order valence-corrected chi connectivity index (χ0v) is 16.0. The van der Waals surface area contributed by atoms with Gasteiger partial charge in [-0.05, 0) is 36.4 Å². The van der Waals surface area contributed by atoms with Gasteiger partial charge in [-0.25, -0.2) is 0 Å². The number of fused-ring (bicyclic) bond motifs is 1. The molecular formula is C19H10Cl2FN5O2. The molecular weight excluding hydrogens is 420 g/mol. The average molecular weight is 430 g/mol. The van der Waals surface area contributed by atoms with E-state index >= 15 is 0 Å². The van der Waals surface area contributed by atoms with Gasteiger partial charge in [-0.2, -0.15) is 19.8 Å². The number of hydrogen-bond acceptors (Lipinski definition) is 6. The van der Waals surface area contributed by atoms with E-state index in [1.807, 2.05) is 6.07 Å². The van der Waals surface area contributed by atoms with E-state index in [1.54, 1.807) is 6.07 Å². The van der Waals surface area contributed by atoms with Gasteiger partial charge in [0, 0.05) is 10.4 Å². The summed E-state index contributed by atoms with van der Waals surface area (Å²) >= 11 is 12.0. The quantitative estimate of drug-likeness (QED) is 0.477. The summed E-state index contributed by atoms with van der Waals surface area (Å²) in [5.41, 5.74) is 1.31. The maximum absolute atomic E-state index is 15.0. The van der Waals surface area contributed by atoms with Crippen molar-refractivity contribution in [2.24, 2.45) is 0 Å². The molecule has 0 saturated heterocycles. The summed E-state index contributed by atoms with van der Waals surface area (Å²) in [5.74, 6) is -0.947. The zero-order chi connectivity index (χ0) is 20.4. The third-order valence-electron chi connectivity index (χ3n) is 3.93. The number of rotatable bonds is 5. The van der Waals surface area contributed by atoms with E-state index in [4.69, 9.17) is 37.9 Å². The smallest absolute Gasteiger partial charge is 0.209 e. The van der Waals surface area contributed by atoms with E-state index < -0.39 is 5.82 Å². The summed E-state index contributed by atoms with van der Waals surface area (Å²) < 4.78 is 26.1. The molecule has 10 heteroatoms. The van der Waals surface area contributed by atoms with Crippen molar-refractivity contribution < 1.29 is 13.9 Å². The minimum atomic E-state index is -0.796. The lowest BCUT2D eigenvalue weighted by Crippen LogP contribution is -2.00. The molecule has 0 saturated carbocycles. The van der Waals surface area contributed by atoms with E-state index in [9.17, 15) is 4.39 Å². The highest BCUT2D eigenvalue weighted by molar-refractivity contribution is 6.32. The van der Waals surface area contributed by atoms with E-state index in [2.05, 4.69) is 20.4 Å². The standard InChI is InChI=1S/C19H10Cl2FN5O2/c20-11-5-10(8-23)6-12(7-11)29-18-14(21)1-2-16(17(18)22)28-9-15-13-3-4-24-26-19(13)27-25-15/h1-7H,9H2,(H,25,26,27). The van der Waals surface area contributed by atoms with E-state index in [1.165, 1.54) is 36.5 Å². The molecule has 0 aliphatic carbocycles. The summed E-state index contributed by atoms with van der Waals surface area (Å²) in [6, 6.07) is 10.8. The molecule has 0 atom stereocenters. The maximum Gasteiger partial charge on any atom is 0.209 e. The number of aromatic amines is 1. The molecule has 0 aliphatic rings. The Balaban J connectivity index is 1.60. The molecule has 4 rings (SSSR count). The first-order valence-electron chi connectivity index (χ1n) is 8.19. The van der Waals surface area contributed by atoms with E-state index in [-0.39, 0.29) is 39.5 Å². The van der Waals surface area contributed by atoms with Gasteiger partial charge in [-0.3, -0.25) is 5.10 Å². The molecule has 0 fully saturated rings. The minimum Gasteiger partial charge on any atom is -0.484 e. The van der Waals surface area contributed by atoms with Crippen molar-refractivity contribution >= 4 is 34.2 Å². The van der Waals surface area contributed by atoms with Crippen LogP contribution in [0.2, 0.25) is 10.0 Å². The van der Waals surface area contributed by atoms with Crippen LogP contribution in [0, 0.1) is 17.1 Å². The van der Waals surface area contributed by atoms with Crippen molar-refractivity contribution in [1.82, 2.24) is 20.4 Å². The summed E-state index contributed by atoms with van der Waals surface area (Å²) in [6.45, 7) is -0.0145. The number of ether oxygens (including phenoxy) is 2. The topological polar surface area (TPSA) is 96.7 Å². The summed E-state index contributed by atoms with van der Waals surface area (Å²) in [4.78, 5) is 0. The Kier molecular flexibility index (Phi) is 5.16. The number of hydrogen-bond donors (Lipinski definition) is 1. The Hall–Kier alpha value is -3.41. The fraction of sp³-hybridized carbons (Fsp3) is 0.0526. The molecule has 0 amide bonds. The maximum atomic E-state index is 15.0. The van der Waals surface area contributed by atoms with Crippen LogP contribution in [0.5, 0.6) is 17.2 Å². The molecule has 0 spiro atoms. The Morgan fingerprint density at radius 1 is 1.17 bits per heavy atom. The number of aromatic nitrogens is 4. The molecule has 29 heavy (non-hydrogen) atoms. The first-order valence-corrected chi connectivity index (χ1v) is 8.94. The molecule has 0 bridgehead atoms. The third kappa shape index (κ3) is 3.92. The van der Waals surface area contributed by atoms with Crippen molar-refractivity contribution in [3.05, 3.63) is 69.7 Å². The predicted molar refractivity (Wildman–Crippen MR) is 104 cm³/mol. The lowest BCUT2D eigenvalue weighted by atomic mass is 10.2. The number of nitrogens with one attached hydrogen (secondary N) is 1. The van der Waals surface area contributed by atoms with Gasteiger partial charge in [0.1, 0.15) is 18.1 Å². The second-order valence-corrected chi connectivity index (χ2v) is 6.67. The van der Waals surface area contributed by atoms with Crippen LogP contribution in [0.1, 0.15) is 11.3 Å². The van der Waals surface area contributed by atoms with Gasteiger partial charge >= 0.3 is 0 Å². The molecule has 1 N–H and O–H groups in total. The van der Waals surface area contributed by atoms with Gasteiger partial charge in [-0.1, -0.05) is 23.2 Å². The third-order valence-corrected chi connectivity index (χ3v) is 4.44. The van der Waals surface area contributed by atoms with Crippen LogP contribution in [0.4, 0.5) is 4.39 Å². The van der Waals surface area contributed by atoms with Gasteiger partial charge in [-0.15, -0.1) is 5.10 Å². The van der Waals surface area contributed by atoms with Crippen LogP contribution >= 0.6 is 23.2 Å². The van der Waals surface area contributed by atoms with Crippen molar-refractivity contribution in [2.45, 2.75) is 6.61 Å². The Morgan fingerprint density at radius 2 is 2.03 bits per heavy atom. The first kappa shape index (κ1) is 18.9. The Morgan fingerprint density at radius 3 is 2.86 bits per heavy atom.